The zero-order valence-corrected chi connectivity index (χ0v) is 8.91. The molecule has 0 saturated carbocycles. The zero-order chi connectivity index (χ0) is 10.4. The van der Waals surface area contributed by atoms with Crippen molar-refractivity contribution in [2.24, 2.45) is 0 Å². The second-order valence-electron chi connectivity index (χ2n) is 2.60. The Morgan fingerprint density at radius 3 is 2.43 bits per heavy atom. The monoisotopic (exact) mass is 212 g/mol. The van der Waals surface area contributed by atoms with E-state index in [0.29, 0.717) is 0 Å². The van der Waals surface area contributed by atoms with Crippen molar-refractivity contribution in [1.29, 1.82) is 0 Å². The normalized spacial score (nSPS) is 12.4. The van der Waals surface area contributed by atoms with Gasteiger partial charge < -0.3 is 8.92 Å². The van der Waals surface area contributed by atoms with Gasteiger partial charge in [0.05, 0.1) is 19.2 Å². The summed E-state index contributed by atoms with van der Waals surface area (Å²) in [6, 6.07) is 9.33. The summed E-state index contributed by atoms with van der Waals surface area (Å²) >= 11 is 0.795. The number of rotatable bonds is 4. The summed E-state index contributed by atoms with van der Waals surface area (Å²) in [5.74, 6) is 0. The van der Waals surface area contributed by atoms with E-state index in [-0.39, 0.29) is 5.12 Å². The minimum atomic E-state index is -0.554. The van der Waals surface area contributed by atoms with Gasteiger partial charge in [-0.2, -0.15) is 0 Å². The van der Waals surface area contributed by atoms with E-state index in [4.69, 9.17) is 8.92 Å². The number of hydrogen-bond donors (Lipinski definition) is 0. The van der Waals surface area contributed by atoms with Gasteiger partial charge in [-0.1, -0.05) is 30.3 Å². The van der Waals surface area contributed by atoms with Crippen LogP contribution in [0.2, 0.25) is 0 Å². The third-order valence-corrected chi connectivity index (χ3v) is 2.26. The molecule has 1 aromatic rings. The molecule has 0 amide bonds. The van der Waals surface area contributed by atoms with Crippen LogP contribution in [0.5, 0.6) is 0 Å². The molecule has 3 nitrogen and oxygen atoms in total. The maximum atomic E-state index is 11.5. The van der Waals surface area contributed by atoms with Crippen LogP contribution in [0.3, 0.4) is 0 Å². The molecular formula is C10H12O3S. The predicted octanol–water partition coefficient (Wildman–Crippen LogP) is 2.20. The van der Waals surface area contributed by atoms with Crippen molar-refractivity contribution in [2.75, 3.05) is 14.2 Å². The topological polar surface area (TPSA) is 35.5 Å². The number of methoxy groups -OCH3 is 1. The molecule has 0 aliphatic heterocycles. The van der Waals surface area contributed by atoms with Gasteiger partial charge in [0.1, 0.15) is 0 Å². The van der Waals surface area contributed by atoms with Crippen molar-refractivity contribution in [1.82, 2.24) is 0 Å². The van der Waals surface area contributed by atoms with Crippen molar-refractivity contribution in [3.63, 3.8) is 0 Å². The molecule has 1 unspecified atom stereocenters. The third-order valence-electron chi connectivity index (χ3n) is 1.72. The lowest BCUT2D eigenvalue weighted by Crippen LogP contribution is -2.11. The lowest BCUT2D eigenvalue weighted by atomic mass is 10.1. The quantitative estimate of drug-likeness (QED) is 0.717. The highest BCUT2D eigenvalue weighted by atomic mass is 32.2. The van der Waals surface area contributed by atoms with E-state index in [2.05, 4.69) is 0 Å². The highest BCUT2D eigenvalue weighted by molar-refractivity contribution is 8.09. The summed E-state index contributed by atoms with van der Waals surface area (Å²) in [7, 11) is 2.96. The van der Waals surface area contributed by atoms with Crippen molar-refractivity contribution >= 4 is 17.2 Å². The summed E-state index contributed by atoms with van der Waals surface area (Å²) in [5.41, 5.74) is 0.838. The summed E-state index contributed by atoms with van der Waals surface area (Å²) < 4.78 is 9.80. The Bertz CT molecular complexity index is 287. The van der Waals surface area contributed by atoms with Crippen LogP contribution in [0.1, 0.15) is 11.7 Å². The average Bonchev–Trinajstić information content (AvgIpc) is 2.21. The molecule has 0 radical (unpaired) electrons. The number of benzene rings is 1. The Kier molecular flexibility index (Phi) is 4.65. The molecule has 0 aromatic heterocycles. The van der Waals surface area contributed by atoms with Crippen LogP contribution >= 0.6 is 12.0 Å². The molecule has 76 valence electrons. The van der Waals surface area contributed by atoms with Gasteiger partial charge in [-0.3, -0.25) is 4.79 Å². The predicted molar refractivity (Wildman–Crippen MR) is 55.8 cm³/mol. The van der Waals surface area contributed by atoms with Crippen LogP contribution < -0.4 is 0 Å². The molecule has 1 aromatic carbocycles. The van der Waals surface area contributed by atoms with Gasteiger partial charge in [-0.15, -0.1) is 0 Å². The highest BCUT2D eigenvalue weighted by Gasteiger charge is 2.20. The Morgan fingerprint density at radius 2 is 1.93 bits per heavy atom. The fraction of sp³-hybridized carbons (Fsp3) is 0.300. The molecule has 0 aliphatic rings. The summed E-state index contributed by atoms with van der Waals surface area (Å²) in [6.07, 6.45) is -0.554. The fourth-order valence-corrected chi connectivity index (χ4v) is 1.61. The molecule has 1 atom stereocenters. The van der Waals surface area contributed by atoms with Gasteiger partial charge in [0, 0.05) is 7.11 Å². The van der Waals surface area contributed by atoms with Crippen LogP contribution in [-0.4, -0.2) is 19.3 Å². The number of hydrogen-bond acceptors (Lipinski definition) is 4. The average molecular weight is 212 g/mol. The molecule has 0 fully saturated rings. The smallest absolute Gasteiger partial charge is 0.248 e. The van der Waals surface area contributed by atoms with E-state index in [0.717, 1.165) is 17.6 Å². The van der Waals surface area contributed by atoms with E-state index in [1.165, 1.54) is 14.2 Å². The van der Waals surface area contributed by atoms with Gasteiger partial charge in [-0.25, -0.2) is 0 Å². The van der Waals surface area contributed by atoms with Gasteiger partial charge in [-0.05, 0) is 5.56 Å². The van der Waals surface area contributed by atoms with Crippen LogP contribution in [0.15, 0.2) is 30.3 Å². The van der Waals surface area contributed by atoms with Crippen LogP contribution in [0.25, 0.3) is 0 Å². The Labute approximate surface area is 87.6 Å². The standard InChI is InChI=1S/C10H12O3S/c1-12-9(10(11)14-13-2)8-6-4-3-5-7-8/h3-7,9H,1-2H3. The second-order valence-corrected chi connectivity index (χ2v) is 3.50. The van der Waals surface area contributed by atoms with E-state index in [1.54, 1.807) is 0 Å². The fourth-order valence-electron chi connectivity index (χ4n) is 1.12. The Balaban J connectivity index is 2.77. The lowest BCUT2D eigenvalue weighted by Gasteiger charge is -2.12. The first-order valence-electron chi connectivity index (χ1n) is 4.12. The van der Waals surface area contributed by atoms with Gasteiger partial charge in [0.15, 0.2) is 6.10 Å². The minimum absolute atomic E-state index is 0.152. The molecular weight excluding hydrogens is 200 g/mol. The van der Waals surface area contributed by atoms with Crippen LogP contribution in [0, 0.1) is 0 Å². The Morgan fingerprint density at radius 1 is 1.29 bits per heavy atom. The molecule has 0 saturated heterocycles. The maximum Gasteiger partial charge on any atom is 0.248 e. The number of carbonyl (C=O) groups is 1. The molecule has 4 heteroatoms. The van der Waals surface area contributed by atoms with E-state index < -0.39 is 6.10 Å². The van der Waals surface area contributed by atoms with Crippen molar-refractivity contribution < 1.29 is 13.7 Å². The number of ether oxygens (including phenoxy) is 1. The lowest BCUT2D eigenvalue weighted by molar-refractivity contribution is -0.120. The first-order valence-corrected chi connectivity index (χ1v) is 4.86. The summed E-state index contributed by atoms with van der Waals surface area (Å²) in [5, 5.41) is -0.152. The van der Waals surface area contributed by atoms with E-state index in [1.807, 2.05) is 30.3 Å². The first kappa shape index (κ1) is 11.2. The molecule has 0 heterocycles. The van der Waals surface area contributed by atoms with Crippen LogP contribution in [-0.2, 0) is 13.7 Å². The molecule has 0 aliphatic carbocycles. The van der Waals surface area contributed by atoms with Crippen molar-refractivity contribution in [3.05, 3.63) is 35.9 Å². The van der Waals surface area contributed by atoms with Gasteiger partial charge in [0.2, 0.25) is 5.12 Å². The zero-order valence-electron chi connectivity index (χ0n) is 8.10. The number of carbonyl (C=O) groups excluding carboxylic acids is 1. The molecule has 0 spiro atoms. The van der Waals surface area contributed by atoms with Crippen LogP contribution in [0.4, 0.5) is 0 Å². The minimum Gasteiger partial charge on any atom is -0.368 e. The largest absolute Gasteiger partial charge is 0.368 e. The SMILES string of the molecule is COSC(=O)C(OC)c1ccccc1. The van der Waals surface area contributed by atoms with Crippen molar-refractivity contribution in [2.45, 2.75) is 6.10 Å². The van der Waals surface area contributed by atoms with E-state index in [9.17, 15) is 4.79 Å². The third kappa shape index (κ3) is 2.83. The molecule has 1 rings (SSSR count). The van der Waals surface area contributed by atoms with E-state index >= 15 is 0 Å². The summed E-state index contributed by atoms with van der Waals surface area (Å²) in [4.78, 5) is 11.5. The van der Waals surface area contributed by atoms with Crippen molar-refractivity contribution in [3.8, 4) is 0 Å². The van der Waals surface area contributed by atoms with Gasteiger partial charge in [0.25, 0.3) is 0 Å². The summed E-state index contributed by atoms with van der Waals surface area (Å²) in [6.45, 7) is 0. The second kappa shape index (κ2) is 5.80. The highest BCUT2D eigenvalue weighted by Crippen LogP contribution is 2.22. The molecule has 0 bridgehead atoms. The molecule has 0 N–H and O–H groups in total. The van der Waals surface area contributed by atoms with Gasteiger partial charge >= 0.3 is 0 Å². The Hall–Kier alpha value is -0.840. The maximum absolute atomic E-state index is 11.5. The first-order chi connectivity index (χ1) is 6.79. The molecule has 14 heavy (non-hydrogen) atoms.